The molecular formula is C16H18N4. The topological polar surface area (TPSA) is 54.5 Å². The predicted molar refractivity (Wildman–Crippen MR) is 76.7 cm³/mol. The van der Waals surface area contributed by atoms with Gasteiger partial charge in [-0.05, 0) is 18.8 Å². The van der Waals surface area contributed by atoms with Crippen LogP contribution in [0.3, 0.4) is 0 Å². The van der Waals surface area contributed by atoms with E-state index in [0.29, 0.717) is 17.3 Å². The second kappa shape index (κ2) is 5.87. The van der Waals surface area contributed by atoms with Crippen LogP contribution in [-0.2, 0) is 6.54 Å². The maximum atomic E-state index is 9.23. The highest BCUT2D eigenvalue weighted by molar-refractivity contribution is 5.63. The minimum atomic E-state index is 0.423. The van der Waals surface area contributed by atoms with Gasteiger partial charge in [-0.1, -0.05) is 49.6 Å². The van der Waals surface area contributed by atoms with Crippen molar-refractivity contribution in [3.8, 4) is 17.3 Å². The summed E-state index contributed by atoms with van der Waals surface area (Å²) < 4.78 is 0. The van der Waals surface area contributed by atoms with Crippen LogP contribution in [0.15, 0.2) is 30.3 Å². The molecule has 0 aliphatic heterocycles. The van der Waals surface area contributed by atoms with Crippen LogP contribution < -0.4 is 0 Å². The Bertz CT molecular complexity index is 603. The lowest BCUT2D eigenvalue weighted by Gasteiger charge is -2.20. The van der Waals surface area contributed by atoms with Crippen molar-refractivity contribution in [2.24, 2.45) is 5.92 Å². The Labute approximate surface area is 119 Å². The molecular weight excluding hydrogens is 248 g/mol. The van der Waals surface area contributed by atoms with Crippen molar-refractivity contribution in [2.75, 3.05) is 0 Å². The largest absolute Gasteiger partial charge is 0.191 e. The van der Waals surface area contributed by atoms with Gasteiger partial charge in [0.25, 0.3) is 0 Å². The molecule has 0 spiro atoms. The van der Waals surface area contributed by atoms with Crippen molar-refractivity contribution in [1.82, 2.24) is 15.0 Å². The van der Waals surface area contributed by atoms with Crippen LogP contribution >= 0.6 is 0 Å². The molecule has 1 aliphatic rings. The van der Waals surface area contributed by atoms with Gasteiger partial charge in [-0.25, -0.2) is 0 Å². The number of nitrogens with zero attached hydrogens (tertiary/aromatic N) is 4. The Morgan fingerprint density at radius 1 is 1.10 bits per heavy atom. The molecule has 2 aromatic rings. The first-order chi connectivity index (χ1) is 9.86. The molecule has 1 aromatic heterocycles. The van der Waals surface area contributed by atoms with E-state index >= 15 is 0 Å². The van der Waals surface area contributed by atoms with E-state index in [1.54, 1.807) is 4.80 Å². The van der Waals surface area contributed by atoms with E-state index in [1.165, 1.54) is 32.1 Å². The molecule has 0 amide bonds. The van der Waals surface area contributed by atoms with Crippen LogP contribution in [-0.4, -0.2) is 15.0 Å². The number of rotatable bonds is 3. The fourth-order valence-corrected chi connectivity index (χ4v) is 2.90. The molecule has 1 aromatic carbocycles. The van der Waals surface area contributed by atoms with Crippen molar-refractivity contribution in [3.05, 3.63) is 36.0 Å². The minimum absolute atomic E-state index is 0.423. The van der Waals surface area contributed by atoms with Gasteiger partial charge in [0.05, 0.1) is 6.54 Å². The molecule has 0 radical (unpaired) electrons. The molecule has 1 heterocycles. The van der Waals surface area contributed by atoms with E-state index in [-0.39, 0.29) is 0 Å². The van der Waals surface area contributed by atoms with Crippen molar-refractivity contribution < 1.29 is 0 Å². The normalized spacial score (nSPS) is 15.9. The number of aromatic nitrogens is 3. The Morgan fingerprint density at radius 2 is 1.85 bits per heavy atom. The van der Waals surface area contributed by atoms with Crippen LogP contribution in [0.25, 0.3) is 11.3 Å². The molecule has 0 atom stereocenters. The van der Waals surface area contributed by atoms with Gasteiger partial charge in [-0.3, -0.25) is 0 Å². The summed E-state index contributed by atoms with van der Waals surface area (Å²) in [4.78, 5) is 1.72. The molecule has 1 saturated carbocycles. The van der Waals surface area contributed by atoms with E-state index < -0.39 is 0 Å². The first-order valence-corrected chi connectivity index (χ1v) is 7.27. The van der Waals surface area contributed by atoms with E-state index in [2.05, 4.69) is 16.3 Å². The molecule has 0 saturated heterocycles. The number of benzene rings is 1. The highest BCUT2D eigenvalue weighted by atomic mass is 15.5. The van der Waals surface area contributed by atoms with Crippen molar-refractivity contribution in [2.45, 2.75) is 38.6 Å². The van der Waals surface area contributed by atoms with Gasteiger partial charge in [-0.2, -0.15) is 15.2 Å². The lowest BCUT2D eigenvalue weighted by Crippen LogP contribution is -2.16. The van der Waals surface area contributed by atoms with Crippen molar-refractivity contribution in [3.63, 3.8) is 0 Å². The minimum Gasteiger partial charge on any atom is -0.191 e. The van der Waals surface area contributed by atoms with Crippen LogP contribution in [0.5, 0.6) is 0 Å². The van der Waals surface area contributed by atoms with Gasteiger partial charge >= 0.3 is 0 Å². The first-order valence-electron chi connectivity index (χ1n) is 7.27. The summed E-state index contributed by atoms with van der Waals surface area (Å²) in [5.41, 5.74) is 2.08. The predicted octanol–water partition coefficient (Wildman–Crippen LogP) is 3.40. The summed E-state index contributed by atoms with van der Waals surface area (Å²) in [6.45, 7) is 0.835. The molecule has 0 bridgehead atoms. The van der Waals surface area contributed by atoms with Crippen LogP contribution in [0.2, 0.25) is 0 Å². The maximum Gasteiger partial charge on any atom is 0.190 e. The SMILES string of the molecule is N#Cc1nn(CC2CCCCC2)nc1-c1ccccc1. The monoisotopic (exact) mass is 266 g/mol. The Kier molecular flexibility index (Phi) is 3.78. The molecule has 3 rings (SSSR count). The van der Waals surface area contributed by atoms with Crippen LogP contribution in [0.4, 0.5) is 0 Å². The van der Waals surface area contributed by atoms with Crippen molar-refractivity contribution in [1.29, 1.82) is 5.26 Å². The Morgan fingerprint density at radius 3 is 2.55 bits per heavy atom. The molecule has 4 nitrogen and oxygen atoms in total. The van der Waals surface area contributed by atoms with E-state index in [1.807, 2.05) is 30.3 Å². The third-order valence-electron chi connectivity index (χ3n) is 3.95. The summed E-state index contributed by atoms with van der Waals surface area (Å²) in [6, 6.07) is 12.0. The van der Waals surface area contributed by atoms with Gasteiger partial charge in [0.2, 0.25) is 0 Å². The molecule has 0 N–H and O–H groups in total. The number of nitriles is 1. The molecule has 4 heteroatoms. The van der Waals surface area contributed by atoms with Gasteiger partial charge < -0.3 is 0 Å². The number of hydrogen-bond acceptors (Lipinski definition) is 3. The summed E-state index contributed by atoms with van der Waals surface area (Å²) in [5, 5.41) is 18.1. The summed E-state index contributed by atoms with van der Waals surface area (Å²) in [5.74, 6) is 0.659. The van der Waals surface area contributed by atoms with Gasteiger partial charge in [-0.15, -0.1) is 5.10 Å². The van der Waals surface area contributed by atoms with Gasteiger partial charge in [0.1, 0.15) is 11.8 Å². The zero-order valence-electron chi connectivity index (χ0n) is 11.5. The van der Waals surface area contributed by atoms with Gasteiger partial charge in [0, 0.05) is 5.56 Å². The first kappa shape index (κ1) is 12.9. The lowest BCUT2D eigenvalue weighted by atomic mass is 9.89. The maximum absolute atomic E-state index is 9.23. The second-order valence-corrected chi connectivity index (χ2v) is 5.43. The van der Waals surface area contributed by atoms with Gasteiger partial charge in [0.15, 0.2) is 5.69 Å². The smallest absolute Gasteiger partial charge is 0.190 e. The lowest BCUT2D eigenvalue weighted by molar-refractivity contribution is 0.293. The molecule has 1 aliphatic carbocycles. The average Bonchev–Trinajstić information content (AvgIpc) is 2.92. The third kappa shape index (κ3) is 2.72. The van der Waals surface area contributed by atoms with E-state index in [9.17, 15) is 5.26 Å². The number of hydrogen-bond donors (Lipinski definition) is 0. The highest BCUT2D eigenvalue weighted by Gasteiger charge is 2.17. The third-order valence-corrected chi connectivity index (χ3v) is 3.95. The average molecular weight is 266 g/mol. The van der Waals surface area contributed by atoms with E-state index in [0.717, 1.165) is 12.1 Å². The zero-order valence-corrected chi connectivity index (χ0v) is 11.5. The molecule has 102 valence electrons. The van der Waals surface area contributed by atoms with Crippen molar-refractivity contribution >= 4 is 0 Å². The second-order valence-electron chi connectivity index (χ2n) is 5.43. The molecule has 1 fully saturated rings. The van der Waals surface area contributed by atoms with Crippen LogP contribution in [0, 0.1) is 17.2 Å². The molecule has 20 heavy (non-hydrogen) atoms. The van der Waals surface area contributed by atoms with E-state index in [4.69, 9.17) is 0 Å². The quantitative estimate of drug-likeness (QED) is 0.855. The Balaban J connectivity index is 1.83. The summed E-state index contributed by atoms with van der Waals surface area (Å²) in [7, 11) is 0. The summed E-state index contributed by atoms with van der Waals surface area (Å²) >= 11 is 0. The standard InChI is InChI=1S/C16H18N4/c17-11-15-16(14-9-5-2-6-10-14)19-20(18-15)12-13-7-3-1-4-8-13/h2,5-6,9-10,13H,1,3-4,7-8,12H2. The van der Waals surface area contributed by atoms with Crippen LogP contribution in [0.1, 0.15) is 37.8 Å². The fraction of sp³-hybridized carbons (Fsp3) is 0.438. The Hall–Kier alpha value is -2.15. The fourth-order valence-electron chi connectivity index (χ4n) is 2.90. The summed E-state index contributed by atoms with van der Waals surface area (Å²) in [6.07, 6.45) is 6.47. The zero-order chi connectivity index (χ0) is 13.8. The highest BCUT2D eigenvalue weighted by Crippen LogP contribution is 2.25. The molecule has 0 unspecified atom stereocenters.